The fourth-order valence-corrected chi connectivity index (χ4v) is 1.57. The molecule has 1 nitrogen and oxygen atoms in total. The van der Waals surface area contributed by atoms with Gasteiger partial charge >= 0.3 is 0 Å². The molecule has 0 radical (unpaired) electrons. The molecule has 0 fully saturated rings. The van der Waals surface area contributed by atoms with E-state index < -0.39 is 0 Å². The second-order valence-corrected chi connectivity index (χ2v) is 3.18. The van der Waals surface area contributed by atoms with E-state index in [0.717, 1.165) is 24.8 Å². The minimum absolute atomic E-state index is 0.372. The lowest BCUT2D eigenvalue weighted by Gasteiger charge is -2.17. The van der Waals surface area contributed by atoms with Crippen LogP contribution in [0.25, 0.3) is 0 Å². The molecule has 1 aliphatic rings. The highest BCUT2D eigenvalue weighted by Crippen LogP contribution is 2.23. The Hall–Kier alpha value is -0.590. The zero-order chi connectivity index (χ0) is 8.27. The summed E-state index contributed by atoms with van der Waals surface area (Å²) in [4.78, 5) is 11.2. The van der Waals surface area contributed by atoms with Crippen LogP contribution in [0.1, 0.15) is 39.5 Å². The Morgan fingerprint density at radius 3 is 2.82 bits per heavy atom. The average Bonchev–Trinajstić information content (AvgIpc) is 2.05. The zero-order valence-corrected chi connectivity index (χ0v) is 7.39. The van der Waals surface area contributed by atoms with Gasteiger partial charge in [-0.3, -0.25) is 4.79 Å². The van der Waals surface area contributed by atoms with Crippen LogP contribution in [0, 0.1) is 5.92 Å². The molecule has 0 bridgehead atoms. The van der Waals surface area contributed by atoms with Gasteiger partial charge in [0.1, 0.15) is 0 Å². The van der Waals surface area contributed by atoms with E-state index >= 15 is 0 Å². The van der Waals surface area contributed by atoms with Gasteiger partial charge in [0.25, 0.3) is 0 Å². The van der Waals surface area contributed by atoms with E-state index in [1.54, 1.807) is 0 Å². The lowest BCUT2D eigenvalue weighted by atomic mass is 9.87. The van der Waals surface area contributed by atoms with E-state index in [-0.39, 0.29) is 0 Å². The lowest BCUT2D eigenvalue weighted by molar-refractivity contribution is -0.116. The standard InChI is InChI=1S/C10H16O/c1-3-8-5-6-10(11)9(4-2)7-8/h7-8H,3-6H2,1-2H3. The van der Waals surface area contributed by atoms with Gasteiger partial charge in [-0.2, -0.15) is 0 Å². The first-order valence-corrected chi connectivity index (χ1v) is 4.51. The molecule has 1 heteroatoms. The Balaban J connectivity index is 2.68. The number of hydrogen-bond acceptors (Lipinski definition) is 1. The molecule has 0 aromatic carbocycles. The maximum Gasteiger partial charge on any atom is 0.158 e. The molecule has 1 rings (SSSR count). The molecule has 0 heterocycles. The third-order valence-corrected chi connectivity index (χ3v) is 2.44. The molecular weight excluding hydrogens is 136 g/mol. The van der Waals surface area contributed by atoms with E-state index in [2.05, 4.69) is 19.9 Å². The van der Waals surface area contributed by atoms with Gasteiger partial charge in [-0.15, -0.1) is 0 Å². The van der Waals surface area contributed by atoms with Gasteiger partial charge in [0, 0.05) is 6.42 Å². The van der Waals surface area contributed by atoms with E-state index in [1.165, 1.54) is 6.42 Å². The fraction of sp³-hybridized carbons (Fsp3) is 0.700. The van der Waals surface area contributed by atoms with Gasteiger partial charge < -0.3 is 0 Å². The Morgan fingerprint density at radius 2 is 2.27 bits per heavy atom. The molecular formula is C10H16O. The molecule has 1 aliphatic carbocycles. The number of carbonyl (C=O) groups is 1. The largest absolute Gasteiger partial charge is 0.295 e. The minimum Gasteiger partial charge on any atom is -0.295 e. The van der Waals surface area contributed by atoms with Crippen LogP contribution in [0.4, 0.5) is 0 Å². The summed E-state index contributed by atoms with van der Waals surface area (Å²) in [5.41, 5.74) is 1.06. The number of hydrogen-bond donors (Lipinski definition) is 0. The quantitative estimate of drug-likeness (QED) is 0.594. The molecule has 11 heavy (non-hydrogen) atoms. The molecule has 0 saturated heterocycles. The summed E-state index contributed by atoms with van der Waals surface area (Å²) in [6, 6.07) is 0. The summed E-state index contributed by atoms with van der Waals surface area (Å²) in [7, 11) is 0. The second kappa shape index (κ2) is 3.70. The Labute approximate surface area is 68.5 Å². The lowest BCUT2D eigenvalue weighted by Crippen LogP contribution is -2.12. The summed E-state index contributed by atoms with van der Waals surface area (Å²) in [5, 5.41) is 0. The van der Waals surface area contributed by atoms with E-state index in [1.807, 2.05) is 0 Å². The van der Waals surface area contributed by atoms with E-state index in [0.29, 0.717) is 11.7 Å². The van der Waals surface area contributed by atoms with Crippen molar-refractivity contribution in [2.75, 3.05) is 0 Å². The van der Waals surface area contributed by atoms with Crippen LogP contribution in [0.3, 0.4) is 0 Å². The van der Waals surface area contributed by atoms with Crippen LogP contribution < -0.4 is 0 Å². The molecule has 0 spiro atoms. The second-order valence-electron chi connectivity index (χ2n) is 3.18. The van der Waals surface area contributed by atoms with Gasteiger partial charge in [0.05, 0.1) is 0 Å². The number of ketones is 1. The number of Topliss-reactive ketones (excluding diaryl/α,β-unsaturated/α-hetero) is 1. The highest BCUT2D eigenvalue weighted by atomic mass is 16.1. The predicted octanol–water partition coefficient (Wildman–Crippen LogP) is 2.71. The van der Waals surface area contributed by atoms with Crippen molar-refractivity contribution in [1.29, 1.82) is 0 Å². The topological polar surface area (TPSA) is 17.1 Å². The van der Waals surface area contributed by atoms with E-state index in [4.69, 9.17) is 0 Å². The van der Waals surface area contributed by atoms with Crippen molar-refractivity contribution >= 4 is 5.78 Å². The van der Waals surface area contributed by atoms with Crippen molar-refractivity contribution in [3.05, 3.63) is 11.6 Å². The molecule has 1 unspecified atom stereocenters. The molecule has 0 aliphatic heterocycles. The number of allylic oxidation sites excluding steroid dienone is 2. The van der Waals surface area contributed by atoms with Crippen molar-refractivity contribution in [2.24, 2.45) is 5.92 Å². The Bertz CT molecular complexity index is 179. The highest BCUT2D eigenvalue weighted by Gasteiger charge is 2.17. The molecule has 0 saturated carbocycles. The van der Waals surface area contributed by atoms with Crippen molar-refractivity contribution in [3.8, 4) is 0 Å². The van der Waals surface area contributed by atoms with Crippen molar-refractivity contribution < 1.29 is 4.79 Å². The summed E-state index contributed by atoms with van der Waals surface area (Å²) in [6.45, 7) is 4.24. The van der Waals surface area contributed by atoms with Crippen molar-refractivity contribution in [2.45, 2.75) is 39.5 Å². The summed E-state index contributed by atoms with van der Waals surface area (Å²) in [5.74, 6) is 1.04. The molecule has 0 aromatic heterocycles. The van der Waals surface area contributed by atoms with Gasteiger partial charge in [0.15, 0.2) is 5.78 Å². The van der Waals surface area contributed by atoms with Crippen LogP contribution in [0.15, 0.2) is 11.6 Å². The minimum atomic E-state index is 0.372. The van der Waals surface area contributed by atoms with Crippen molar-refractivity contribution in [3.63, 3.8) is 0 Å². The van der Waals surface area contributed by atoms with Crippen LogP contribution in [0.2, 0.25) is 0 Å². The fourth-order valence-electron chi connectivity index (χ4n) is 1.57. The Kier molecular flexibility index (Phi) is 2.86. The summed E-state index contributed by atoms with van der Waals surface area (Å²) < 4.78 is 0. The molecule has 0 N–H and O–H groups in total. The maximum atomic E-state index is 11.2. The average molecular weight is 152 g/mol. The highest BCUT2D eigenvalue weighted by molar-refractivity contribution is 5.95. The molecule has 0 aromatic rings. The molecule has 1 atom stereocenters. The first kappa shape index (κ1) is 8.51. The molecule has 0 amide bonds. The van der Waals surface area contributed by atoms with Gasteiger partial charge in [-0.25, -0.2) is 0 Å². The first-order valence-electron chi connectivity index (χ1n) is 4.51. The third-order valence-electron chi connectivity index (χ3n) is 2.44. The number of carbonyl (C=O) groups excluding carboxylic acids is 1. The monoisotopic (exact) mass is 152 g/mol. The van der Waals surface area contributed by atoms with Crippen LogP contribution >= 0.6 is 0 Å². The molecule has 62 valence electrons. The first-order chi connectivity index (χ1) is 5.27. The van der Waals surface area contributed by atoms with Gasteiger partial charge in [0.2, 0.25) is 0 Å². The maximum absolute atomic E-state index is 11.2. The predicted molar refractivity (Wildman–Crippen MR) is 46.4 cm³/mol. The normalized spacial score (nSPS) is 25.1. The van der Waals surface area contributed by atoms with Gasteiger partial charge in [-0.05, 0) is 30.8 Å². The van der Waals surface area contributed by atoms with Crippen LogP contribution in [-0.2, 0) is 4.79 Å². The van der Waals surface area contributed by atoms with E-state index in [9.17, 15) is 4.79 Å². The third kappa shape index (κ3) is 1.92. The summed E-state index contributed by atoms with van der Waals surface area (Å²) >= 11 is 0. The number of rotatable bonds is 2. The van der Waals surface area contributed by atoms with Gasteiger partial charge in [-0.1, -0.05) is 19.9 Å². The zero-order valence-electron chi connectivity index (χ0n) is 7.39. The summed E-state index contributed by atoms with van der Waals surface area (Å²) in [6.07, 6.45) is 6.11. The Morgan fingerprint density at radius 1 is 1.55 bits per heavy atom. The van der Waals surface area contributed by atoms with Crippen LogP contribution in [0.5, 0.6) is 0 Å². The smallest absolute Gasteiger partial charge is 0.158 e. The van der Waals surface area contributed by atoms with Crippen molar-refractivity contribution in [1.82, 2.24) is 0 Å². The van der Waals surface area contributed by atoms with Crippen LogP contribution in [-0.4, -0.2) is 5.78 Å². The SMILES string of the molecule is CCC1=CC(CC)CCC1=O.